The first kappa shape index (κ1) is 20.3. The summed E-state index contributed by atoms with van der Waals surface area (Å²) in [6.07, 6.45) is 2.25. The minimum Gasteiger partial charge on any atom is -0.337 e. The normalized spacial score (nSPS) is 18.7. The van der Waals surface area contributed by atoms with Gasteiger partial charge in [-0.1, -0.05) is 83.3 Å². The number of aromatic nitrogens is 2. The third-order valence-corrected chi connectivity index (χ3v) is 5.69. The standard InChI is InChI=1S/C22H21BrN4O3/c1-2-3-12-22(16-9-5-4-6-10-16)20(28)27(21(29)25-22)14-18-24-19(26-30-18)15-8-7-11-17(23)13-15/h4-11,13H,2-3,12,14H2,1H3,(H,25,29). The van der Waals surface area contributed by atoms with Crippen LogP contribution in [0.3, 0.4) is 0 Å². The molecule has 1 atom stereocenters. The maximum Gasteiger partial charge on any atom is 0.325 e. The number of imide groups is 1. The summed E-state index contributed by atoms with van der Waals surface area (Å²) >= 11 is 3.42. The first-order valence-electron chi connectivity index (χ1n) is 9.81. The Hall–Kier alpha value is -3.00. The molecule has 0 bridgehead atoms. The summed E-state index contributed by atoms with van der Waals surface area (Å²) in [7, 11) is 0. The molecule has 1 aliphatic rings. The molecule has 2 aromatic carbocycles. The van der Waals surface area contributed by atoms with Crippen LogP contribution in [0.5, 0.6) is 0 Å². The maximum atomic E-state index is 13.4. The lowest BCUT2D eigenvalue weighted by molar-refractivity contribution is -0.132. The van der Waals surface area contributed by atoms with Crippen LogP contribution in [0, 0.1) is 0 Å². The largest absolute Gasteiger partial charge is 0.337 e. The Kier molecular flexibility index (Phi) is 5.67. The van der Waals surface area contributed by atoms with Gasteiger partial charge in [-0.2, -0.15) is 4.98 Å². The molecule has 3 aromatic rings. The molecule has 0 saturated carbocycles. The minimum absolute atomic E-state index is 0.0770. The predicted octanol–water partition coefficient (Wildman–Crippen LogP) is 4.64. The first-order valence-corrected chi connectivity index (χ1v) is 10.6. The Labute approximate surface area is 182 Å². The molecule has 4 rings (SSSR count). The average Bonchev–Trinajstić information content (AvgIpc) is 3.32. The second-order valence-corrected chi connectivity index (χ2v) is 8.13. The van der Waals surface area contributed by atoms with Crippen LogP contribution in [0.2, 0.25) is 0 Å². The molecule has 3 amide bonds. The number of amides is 3. The van der Waals surface area contributed by atoms with Crippen LogP contribution < -0.4 is 5.32 Å². The molecule has 154 valence electrons. The molecule has 1 unspecified atom stereocenters. The molecule has 1 aliphatic heterocycles. The number of carbonyl (C=O) groups excluding carboxylic acids is 2. The number of carbonyl (C=O) groups is 2. The molecule has 1 N–H and O–H groups in total. The van der Waals surface area contributed by atoms with Crippen molar-refractivity contribution in [2.45, 2.75) is 38.3 Å². The zero-order valence-electron chi connectivity index (χ0n) is 16.5. The van der Waals surface area contributed by atoms with Crippen molar-refractivity contribution < 1.29 is 14.1 Å². The fraction of sp³-hybridized carbons (Fsp3) is 0.273. The third-order valence-electron chi connectivity index (χ3n) is 5.19. The molecule has 0 aliphatic carbocycles. The Morgan fingerprint density at radius 3 is 2.67 bits per heavy atom. The predicted molar refractivity (Wildman–Crippen MR) is 114 cm³/mol. The summed E-state index contributed by atoms with van der Waals surface area (Å²) in [5.41, 5.74) is 0.486. The lowest BCUT2D eigenvalue weighted by atomic mass is 9.85. The Bertz CT molecular complexity index is 1070. The highest BCUT2D eigenvalue weighted by molar-refractivity contribution is 9.10. The summed E-state index contributed by atoms with van der Waals surface area (Å²) in [5.74, 6) is 0.306. The van der Waals surface area contributed by atoms with Gasteiger partial charge in [0, 0.05) is 10.0 Å². The molecule has 0 radical (unpaired) electrons. The van der Waals surface area contributed by atoms with E-state index in [2.05, 4.69) is 38.3 Å². The van der Waals surface area contributed by atoms with Crippen molar-refractivity contribution in [3.63, 3.8) is 0 Å². The smallest absolute Gasteiger partial charge is 0.325 e. The summed E-state index contributed by atoms with van der Waals surface area (Å²) < 4.78 is 6.21. The number of benzene rings is 2. The van der Waals surface area contributed by atoms with Crippen molar-refractivity contribution >= 4 is 27.9 Å². The highest BCUT2D eigenvalue weighted by Crippen LogP contribution is 2.35. The van der Waals surface area contributed by atoms with Gasteiger partial charge in [0.1, 0.15) is 12.1 Å². The monoisotopic (exact) mass is 468 g/mol. The molecule has 0 spiro atoms. The van der Waals surface area contributed by atoms with Gasteiger partial charge in [0.2, 0.25) is 11.7 Å². The molecule has 1 fully saturated rings. The molecule has 2 heterocycles. The highest BCUT2D eigenvalue weighted by Gasteiger charge is 2.52. The van der Waals surface area contributed by atoms with E-state index >= 15 is 0 Å². The van der Waals surface area contributed by atoms with E-state index in [1.54, 1.807) is 0 Å². The molecule has 1 aromatic heterocycles. The number of halogens is 1. The second kappa shape index (κ2) is 8.39. The van der Waals surface area contributed by atoms with Crippen LogP contribution >= 0.6 is 15.9 Å². The lowest BCUT2D eigenvalue weighted by Gasteiger charge is -2.27. The van der Waals surface area contributed by atoms with Crippen LogP contribution in [0.25, 0.3) is 11.4 Å². The molecular weight excluding hydrogens is 448 g/mol. The van der Waals surface area contributed by atoms with Crippen molar-refractivity contribution in [1.82, 2.24) is 20.4 Å². The van der Waals surface area contributed by atoms with E-state index in [4.69, 9.17) is 4.52 Å². The van der Waals surface area contributed by atoms with Crippen molar-refractivity contribution in [3.8, 4) is 11.4 Å². The summed E-state index contributed by atoms with van der Waals surface area (Å²) in [4.78, 5) is 31.7. The van der Waals surface area contributed by atoms with Gasteiger partial charge in [-0.15, -0.1) is 0 Å². The van der Waals surface area contributed by atoms with E-state index in [-0.39, 0.29) is 18.3 Å². The van der Waals surface area contributed by atoms with Gasteiger partial charge in [-0.3, -0.25) is 9.69 Å². The molecule has 7 nitrogen and oxygen atoms in total. The fourth-order valence-electron chi connectivity index (χ4n) is 3.64. The van der Waals surface area contributed by atoms with Crippen LogP contribution in [-0.2, 0) is 16.9 Å². The van der Waals surface area contributed by atoms with Crippen LogP contribution in [0.1, 0.15) is 37.6 Å². The molecule has 30 heavy (non-hydrogen) atoms. The Morgan fingerprint density at radius 1 is 1.13 bits per heavy atom. The molecular formula is C22H21BrN4O3. The van der Waals surface area contributed by atoms with E-state index in [0.717, 1.165) is 33.3 Å². The van der Waals surface area contributed by atoms with Gasteiger partial charge in [0.15, 0.2) is 0 Å². The summed E-state index contributed by atoms with van der Waals surface area (Å²) in [5, 5.41) is 6.91. The number of hydrogen-bond donors (Lipinski definition) is 1. The van der Waals surface area contributed by atoms with Gasteiger partial charge in [-0.05, 0) is 24.1 Å². The van der Waals surface area contributed by atoms with Gasteiger partial charge in [0.25, 0.3) is 5.91 Å². The number of urea groups is 1. The van der Waals surface area contributed by atoms with E-state index in [9.17, 15) is 9.59 Å². The maximum absolute atomic E-state index is 13.4. The van der Waals surface area contributed by atoms with E-state index in [0.29, 0.717) is 12.2 Å². The van der Waals surface area contributed by atoms with Crippen LogP contribution in [-0.4, -0.2) is 27.0 Å². The highest BCUT2D eigenvalue weighted by atomic mass is 79.9. The Morgan fingerprint density at radius 2 is 1.93 bits per heavy atom. The summed E-state index contributed by atoms with van der Waals surface area (Å²) in [6, 6.07) is 16.4. The number of hydrogen-bond acceptors (Lipinski definition) is 5. The van der Waals surface area contributed by atoms with Gasteiger partial charge in [0.05, 0.1) is 0 Å². The minimum atomic E-state index is -1.07. The van der Waals surface area contributed by atoms with E-state index < -0.39 is 11.6 Å². The van der Waals surface area contributed by atoms with Crippen LogP contribution in [0.4, 0.5) is 4.79 Å². The van der Waals surface area contributed by atoms with E-state index in [1.807, 2.05) is 54.6 Å². The quantitative estimate of drug-likeness (QED) is 0.510. The van der Waals surface area contributed by atoms with Crippen molar-refractivity contribution in [1.29, 1.82) is 0 Å². The fourth-order valence-corrected chi connectivity index (χ4v) is 4.04. The molecule has 8 heteroatoms. The van der Waals surface area contributed by atoms with Crippen molar-refractivity contribution in [2.75, 3.05) is 0 Å². The van der Waals surface area contributed by atoms with Gasteiger partial charge in [-0.25, -0.2) is 4.79 Å². The number of nitrogens with one attached hydrogen (secondary N) is 1. The lowest BCUT2D eigenvalue weighted by Crippen LogP contribution is -2.44. The summed E-state index contributed by atoms with van der Waals surface area (Å²) in [6.45, 7) is 1.98. The number of rotatable bonds is 7. The second-order valence-electron chi connectivity index (χ2n) is 7.22. The molecule has 1 saturated heterocycles. The average molecular weight is 469 g/mol. The van der Waals surface area contributed by atoms with Crippen molar-refractivity contribution in [2.24, 2.45) is 0 Å². The number of nitrogens with zero attached hydrogens (tertiary/aromatic N) is 3. The SMILES string of the molecule is CCCCC1(c2ccccc2)NC(=O)N(Cc2nc(-c3cccc(Br)c3)no2)C1=O. The topological polar surface area (TPSA) is 88.3 Å². The number of unbranched alkanes of at least 4 members (excludes halogenated alkanes) is 1. The zero-order chi connectivity index (χ0) is 21.1. The Balaban J connectivity index is 1.60. The van der Waals surface area contributed by atoms with Gasteiger partial charge < -0.3 is 9.84 Å². The van der Waals surface area contributed by atoms with Gasteiger partial charge >= 0.3 is 6.03 Å². The van der Waals surface area contributed by atoms with E-state index in [1.165, 1.54) is 0 Å². The third kappa shape index (κ3) is 3.75. The zero-order valence-corrected chi connectivity index (χ0v) is 18.1. The first-order chi connectivity index (χ1) is 14.5. The van der Waals surface area contributed by atoms with Crippen molar-refractivity contribution in [3.05, 3.63) is 70.5 Å². The van der Waals surface area contributed by atoms with Crippen LogP contribution in [0.15, 0.2) is 63.6 Å².